The molecule has 0 N–H and O–H groups in total. The lowest BCUT2D eigenvalue weighted by atomic mass is 9.45. The van der Waals surface area contributed by atoms with Gasteiger partial charge in [-0.1, -0.05) is 39.5 Å². The van der Waals surface area contributed by atoms with Crippen LogP contribution < -0.4 is 0 Å². The summed E-state index contributed by atoms with van der Waals surface area (Å²) in [6.07, 6.45) is -2.73. The average Bonchev–Trinajstić information content (AvgIpc) is 2.50. The number of rotatable bonds is 9. The van der Waals surface area contributed by atoms with E-state index in [2.05, 4.69) is 18.6 Å². The van der Waals surface area contributed by atoms with Crippen molar-refractivity contribution in [2.75, 3.05) is 21.1 Å². The summed E-state index contributed by atoms with van der Waals surface area (Å²) in [7, 11) is 4.78. The number of nitrogens with zero attached hydrogens (tertiary/aromatic N) is 3. The molecule has 0 amide bonds. The molecule has 1 saturated heterocycles. The number of hydrogen-bond acceptors (Lipinski definition) is 4. The van der Waals surface area contributed by atoms with Crippen LogP contribution in [0.15, 0.2) is 0 Å². The van der Waals surface area contributed by atoms with Gasteiger partial charge in [-0.15, -0.1) is 0 Å². The van der Waals surface area contributed by atoms with Gasteiger partial charge >= 0.3 is 13.4 Å². The van der Waals surface area contributed by atoms with Crippen LogP contribution in [0.25, 0.3) is 0 Å². The summed E-state index contributed by atoms with van der Waals surface area (Å²) in [4.78, 5) is 0. The van der Waals surface area contributed by atoms with Crippen LogP contribution in [0.1, 0.15) is 46.0 Å². The van der Waals surface area contributed by atoms with Crippen molar-refractivity contribution in [3.8, 4) is 0 Å². The lowest BCUT2D eigenvalue weighted by Crippen LogP contribution is -2.75. The van der Waals surface area contributed by atoms with Gasteiger partial charge in [0.1, 0.15) is 0 Å². The Kier molecular flexibility index (Phi) is 9.28. The van der Waals surface area contributed by atoms with Crippen molar-refractivity contribution in [2.45, 2.75) is 71.1 Å². The molecule has 1 heterocycles. The summed E-state index contributed by atoms with van der Waals surface area (Å²) >= 11 is 0. The number of alkyl halides is 4. The molecule has 0 aromatic carbocycles. The van der Waals surface area contributed by atoms with E-state index in [1.165, 1.54) is 0 Å². The number of halogens is 4. The Morgan fingerprint density at radius 3 is 1.68 bits per heavy atom. The quantitative estimate of drug-likeness (QED) is 0.459. The Morgan fingerprint density at radius 1 is 0.880 bits per heavy atom. The van der Waals surface area contributed by atoms with E-state index in [4.69, 9.17) is 4.65 Å². The maximum Gasteiger partial charge on any atom is 0.459 e. The highest BCUT2D eigenvalue weighted by Gasteiger charge is 2.50. The lowest BCUT2D eigenvalue weighted by Gasteiger charge is -2.50. The molecule has 4 nitrogen and oxygen atoms in total. The number of unbranched alkanes of at least 4 members (excludes halogenated alkanes) is 2. The second kappa shape index (κ2) is 10.2. The average molecular weight is 365 g/mol. The van der Waals surface area contributed by atoms with Gasteiger partial charge in [-0.25, -0.2) is 4.39 Å². The van der Waals surface area contributed by atoms with Gasteiger partial charge in [0.2, 0.25) is 0 Å². The zero-order valence-electron chi connectivity index (χ0n) is 16.0. The molecular weight excluding hydrogens is 335 g/mol. The predicted octanol–water partition coefficient (Wildman–Crippen LogP) is 3.62. The van der Waals surface area contributed by atoms with E-state index < -0.39 is 26.1 Å². The highest BCUT2D eigenvalue weighted by molar-refractivity contribution is 6.84. The van der Waals surface area contributed by atoms with Crippen LogP contribution in [0.4, 0.5) is 17.6 Å². The first kappa shape index (κ1) is 22.8. The van der Waals surface area contributed by atoms with Gasteiger partial charge < -0.3 is 18.8 Å². The molecule has 11 heteroatoms. The molecule has 1 aliphatic heterocycles. The van der Waals surface area contributed by atoms with Crippen LogP contribution in [0.3, 0.4) is 0 Å². The summed E-state index contributed by atoms with van der Waals surface area (Å²) in [5.74, 6) is 0. The summed E-state index contributed by atoms with van der Waals surface area (Å²) in [6, 6.07) is 0. The molecule has 144 valence electrons. The van der Waals surface area contributed by atoms with Gasteiger partial charge in [0, 0.05) is 0 Å². The summed E-state index contributed by atoms with van der Waals surface area (Å²) in [5.41, 5.74) is 0. The largest absolute Gasteiger partial charge is 0.459 e. The van der Waals surface area contributed by atoms with Gasteiger partial charge in [0.05, 0.1) is 6.42 Å². The molecule has 25 heavy (non-hydrogen) atoms. The van der Waals surface area contributed by atoms with E-state index in [0.717, 1.165) is 38.3 Å². The summed E-state index contributed by atoms with van der Waals surface area (Å²) in [5, 5.41) is 0. The Labute approximate surface area is 150 Å². The molecule has 0 aliphatic carbocycles. The molecule has 1 fully saturated rings. The van der Waals surface area contributed by atoms with Crippen LogP contribution >= 0.6 is 0 Å². The van der Waals surface area contributed by atoms with Gasteiger partial charge in [-0.2, -0.15) is 13.2 Å². The van der Waals surface area contributed by atoms with Crippen LogP contribution in [0.5, 0.6) is 0 Å². The van der Waals surface area contributed by atoms with Crippen LogP contribution in [0.2, 0.25) is 12.6 Å². The third-order valence-electron chi connectivity index (χ3n) is 4.87. The molecular formula is C14H30B3F4N3O. The SMILES string of the molecule is CCCCB1N(C)B(CCCC)N(C)B(OC(F)CC(F)(F)F)N1C. The topological polar surface area (TPSA) is 19.0 Å². The van der Waals surface area contributed by atoms with Gasteiger partial charge in [-0.3, -0.25) is 0 Å². The van der Waals surface area contributed by atoms with Crippen LogP contribution in [-0.2, 0) is 4.65 Å². The normalized spacial score (nSPS) is 19.8. The molecule has 0 radical (unpaired) electrons. The second-order valence-corrected chi connectivity index (χ2v) is 6.93. The van der Waals surface area contributed by atoms with E-state index in [-0.39, 0.29) is 14.0 Å². The van der Waals surface area contributed by atoms with Crippen molar-refractivity contribution in [1.82, 2.24) is 14.2 Å². The standard InChI is InChI=1S/C14H30B3F4N3O/c1-6-8-10-15-22(3)16(11-9-7-2)24(5)17(23(15)4)25-13(18)12-14(19,20)21/h13H,6-12H2,1-5H3. The fourth-order valence-electron chi connectivity index (χ4n) is 3.50. The minimum absolute atomic E-state index is 0.0149. The van der Waals surface area contributed by atoms with Gasteiger partial charge in [-0.05, 0) is 33.8 Å². The Balaban J connectivity index is 2.90. The molecule has 1 atom stereocenters. The maximum absolute atomic E-state index is 13.9. The third-order valence-corrected chi connectivity index (χ3v) is 4.87. The van der Waals surface area contributed by atoms with Crippen LogP contribution in [-0.4, -0.2) is 69.0 Å². The monoisotopic (exact) mass is 365 g/mol. The molecule has 0 aromatic rings. The zero-order valence-corrected chi connectivity index (χ0v) is 16.0. The Hall–Kier alpha value is -0.245. The van der Waals surface area contributed by atoms with Crippen molar-refractivity contribution in [3.05, 3.63) is 0 Å². The molecule has 0 spiro atoms. The fraction of sp³-hybridized carbons (Fsp3) is 1.00. The zero-order chi connectivity index (χ0) is 19.2. The third kappa shape index (κ3) is 6.77. The molecule has 1 aliphatic rings. The van der Waals surface area contributed by atoms with Crippen LogP contribution in [0, 0.1) is 0 Å². The first-order valence-corrected chi connectivity index (χ1v) is 9.14. The van der Waals surface area contributed by atoms with Crippen molar-refractivity contribution in [1.29, 1.82) is 0 Å². The van der Waals surface area contributed by atoms with E-state index >= 15 is 0 Å². The maximum atomic E-state index is 13.9. The minimum Gasteiger partial charge on any atom is -0.379 e. The molecule has 1 rings (SSSR count). The van der Waals surface area contributed by atoms with Gasteiger partial charge in [0.15, 0.2) is 6.36 Å². The second-order valence-electron chi connectivity index (χ2n) is 6.93. The molecule has 1 unspecified atom stereocenters. The van der Waals surface area contributed by atoms with E-state index in [1.807, 2.05) is 16.5 Å². The van der Waals surface area contributed by atoms with E-state index in [9.17, 15) is 17.6 Å². The van der Waals surface area contributed by atoms with Crippen molar-refractivity contribution >= 4 is 21.2 Å². The minimum atomic E-state index is -4.58. The first-order chi connectivity index (χ1) is 11.6. The Bertz CT molecular complexity index is 373. The van der Waals surface area contributed by atoms with Crippen molar-refractivity contribution in [2.24, 2.45) is 0 Å². The smallest absolute Gasteiger partial charge is 0.379 e. The number of hydrogen-bond donors (Lipinski definition) is 0. The lowest BCUT2D eigenvalue weighted by molar-refractivity contribution is -0.168. The predicted molar refractivity (Wildman–Crippen MR) is 96.6 cm³/mol. The van der Waals surface area contributed by atoms with Crippen molar-refractivity contribution in [3.63, 3.8) is 0 Å². The molecule has 0 aromatic heterocycles. The molecule has 0 saturated carbocycles. The van der Waals surface area contributed by atoms with E-state index in [1.54, 1.807) is 14.1 Å². The summed E-state index contributed by atoms with van der Waals surface area (Å²) in [6.45, 7) is 4.22. The van der Waals surface area contributed by atoms with Crippen molar-refractivity contribution < 1.29 is 22.2 Å². The Morgan fingerprint density at radius 2 is 1.32 bits per heavy atom. The highest BCUT2D eigenvalue weighted by atomic mass is 19.4. The summed E-state index contributed by atoms with van der Waals surface area (Å²) < 4.78 is 62.3. The van der Waals surface area contributed by atoms with E-state index in [0.29, 0.717) is 0 Å². The molecule has 0 bridgehead atoms. The first-order valence-electron chi connectivity index (χ1n) is 9.14. The highest BCUT2D eigenvalue weighted by Crippen LogP contribution is 2.27. The van der Waals surface area contributed by atoms with Gasteiger partial charge in [0.25, 0.3) is 14.0 Å². The fourth-order valence-corrected chi connectivity index (χ4v) is 3.50.